The molecular formula is C9H11ClN4O. The molecule has 6 heteroatoms. The van der Waals surface area contributed by atoms with Crippen molar-refractivity contribution in [1.29, 1.82) is 0 Å². The Balaban J connectivity index is 2.14. The highest BCUT2D eigenvalue weighted by Crippen LogP contribution is 2.12. The van der Waals surface area contributed by atoms with E-state index in [-0.39, 0.29) is 5.91 Å². The van der Waals surface area contributed by atoms with Crippen LogP contribution in [0.3, 0.4) is 0 Å². The normalized spacial score (nSPS) is 17.1. The van der Waals surface area contributed by atoms with Gasteiger partial charge < -0.3 is 10.2 Å². The minimum absolute atomic E-state index is 0.0178. The molecule has 1 aromatic rings. The third kappa shape index (κ3) is 2.56. The summed E-state index contributed by atoms with van der Waals surface area (Å²) < 4.78 is 0. The maximum atomic E-state index is 11.3. The maximum Gasteiger partial charge on any atom is 0.239 e. The van der Waals surface area contributed by atoms with Crippen LogP contribution in [0.5, 0.6) is 0 Å². The molecule has 0 aliphatic carbocycles. The number of nitrogens with one attached hydrogen (secondary N) is 1. The van der Waals surface area contributed by atoms with E-state index in [0.717, 1.165) is 19.5 Å². The van der Waals surface area contributed by atoms with Gasteiger partial charge >= 0.3 is 0 Å². The van der Waals surface area contributed by atoms with Crippen molar-refractivity contribution in [3.05, 3.63) is 17.3 Å². The molecule has 1 aromatic heterocycles. The van der Waals surface area contributed by atoms with Crippen LogP contribution < -0.4 is 10.2 Å². The largest absolute Gasteiger partial charge is 0.354 e. The first-order valence-electron chi connectivity index (χ1n) is 4.76. The number of hydrogen-bond donors (Lipinski definition) is 1. The smallest absolute Gasteiger partial charge is 0.239 e. The lowest BCUT2D eigenvalue weighted by atomic mass is 10.4. The lowest BCUT2D eigenvalue weighted by molar-refractivity contribution is -0.119. The number of rotatable bonds is 1. The van der Waals surface area contributed by atoms with Crippen molar-refractivity contribution in [2.24, 2.45) is 0 Å². The molecule has 0 unspecified atom stereocenters. The monoisotopic (exact) mass is 226 g/mol. The second-order valence-electron chi connectivity index (χ2n) is 3.34. The molecule has 0 spiro atoms. The summed E-state index contributed by atoms with van der Waals surface area (Å²) in [4.78, 5) is 13.2. The number of amides is 1. The quantitative estimate of drug-likeness (QED) is 0.756. The summed E-state index contributed by atoms with van der Waals surface area (Å²) in [6.45, 7) is 1.85. The van der Waals surface area contributed by atoms with E-state index in [4.69, 9.17) is 11.6 Å². The van der Waals surface area contributed by atoms with Crippen LogP contribution in [0.25, 0.3) is 0 Å². The lowest BCUT2D eigenvalue weighted by Crippen LogP contribution is -2.33. The molecule has 0 saturated carbocycles. The Hall–Kier alpha value is -1.36. The fraction of sp³-hybridized carbons (Fsp3) is 0.444. The average Bonchev–Trinajstić information content (AvgIpc) is 2.44. The summed E-state index contributed by atoms with van der Waals surface area (Å²) in [6, 6.07) is 3.45. The highest BCUT2D eigenvalue weighted by molar-refractivity contribution is 6.29. The Morgan fingerprint density at radius 1 is 1.40 bits per heavy atom. The number of nitrogens with zero attached hydrogens (tertiary/aromatic N) is 3. The van der Waals surface area contributed by atoms with Gasteiger partial charge in [-0.05, 0) is 18.6 Å². The fourth-order valence-electron chi connectivity index (χ4n) is 1.48. The number of carbonyl (C=O) groups is 1. The number of hydrogen-bond acceptors (Lipinski definition) is 4. The Morgan fingerprint density at radius 2 is 2.27 bits per heavy atom. The number of carbonyl (C=O) groups excluding carboxylic acids is 1. The second-order valence-corrected chi connectivity index (χ2v) is 3.73. The van der Waals surface area contributed by atoms with E-state index in [2.05, 4.69) is 15.5 Å². The molecule has 1 aliphatic heterocycles. The summed E-state index contributed by atoms with van der Waals surface area (Å²) in [5.74, 6) is 0.709. The lowest BCUT2D eigenvalue weighted by Gasteiger charge is -2.18. The molecule has 15 heavy (non-hydrogen) atoms. The molecule has 1 amide bonds. The Kier molecular flexibility index (Phi) is 3.01. The molecule has 80 valence electrons. The summed E-state index contributed by atoms with van der Waals surface area (Å²) in [5, 5.41) is 10.9. The van der Waals surface area contributed by atoms with Crippen molar-refractivity contribution in [2.45, 2.75) is 6.42 Å². The van der Waals surface area contributed by atoms with Crippen LogP contribution in [0, 0.1) is 0 Å². The molecule has 2 rings (SSSR count). The molecule has 0 aromatic carbocycles. The van der Waals surface area contributed by atoms with Crippen molar-refractivity contribution >= 4 is 23.3 Å². The van der Waals surface area contributed by atoms with E-state index in [1.807, 2.05) is 4.90 Å². The summed E-state index contributed by atoms with van der Waals surface area (Å²) in [7, 11) is 0. The molecule has 0 atom stereocenters. The van der Waals surface area contributed by atoms with Gasteiger partial charge in [-0.15, -0.1) is 10.2 Å². The molecule has 1 aliphatic rings. The molecular weight excluding hydrogens is 216 g/mol. The highest BCUT2D eigenvalue weighted by atomic mass is 35.5. The standard InChI is InChI=1S/C9H11ClN4O/c10-7-2-3-8(13-12-7)14-5-1-4-11-9(15)6-14/h2-3H,1,4-6H2,(H,11,15). The van der Waals surface area contributed by atoms with E-state index in [9.17, 15) is 4.79 Å². The van der Waals surface area contributed by atoms with Crippen LogP contribution in [0.15, 0.2) is 12.1 Å². The van der Waals surface area contributed by atoms with E-state index in [1.165, 1.54) is 0 Å². The second kappa shape index (κ2) is 4.44. The van der Waals surface area contributed by atoms with Crippen LogP contribution in [-0.4, -0.2) is 35.7 Å². The summed E-state index contributed by atoms with van der Waals surface area (Å²) in [5.41, 5.74) is 0. The van der Waals surface area contributed by atoms with Crippen LogP contribution in [0.4, 0.5) is 5.82 Å². The zero-order chi connectivity index (χ0) is 10.7. The molecule has 5 nitrogen and oxygen atoms in total. The van der Waals surface area contributed by atoms with Crippen LogP contribution in [-0.2, 0) is 4.79 Å². The zero-order valence-corrected chi connectivity index (χ0v) is 8.87. The van der Waals surface area contributed by atoms with Gasteiger partial charge in [-0.2, -0.15) is 0 Å². The minimum Gasteiger partial charge on any atom is -0.354 e. The minimum atomic E-state index is 0.0178. The van der Waals surface area contributed by atoms with Crippen molar-refractivity contribution < 1.29 is 4.79 Å². The highest BCUT2D eigenvalue weighted by Gasteiger charge is 2.15. The SMILES string of the molecule is O=C1CN(c2ccc(Cl)nn2)CCCN1. The third-order valence-corrected chi connectivity index (χ3v) is 2.40. The Morgan fingerprint density at radius 3 is 3.00 bits per heavy atom. The zero-order valence-electron chi connectivity index (χ0n) is 8.11. The van der Waals surface area contributed by atoms with Gasteiger partial charge in [-0.1, -0.05) is 11.6 Å². The number of aromatic nitrogens is 2. The van der Waals surface area contributed by atoms with Crippen molar-refractivity contribution in [3.8, 4) is 0 Å². The molecule has 2 heterocycles. The van der Waals surface area contributed by atoms with Crippen LogP contribution in [0.2, 0.25) is 5.15 Å². The Labute approximate surface area is 92.4 Å². The predicted octanol–water partition coefficient (Wildman–Crippen LogP) is 0.456. The van der Waals surface area contributed by atoms with Crippen LogP contribution in [0.1, 0.15) is 6.42 Å². The van der Waals surface area contributed by atoms with E-state index in [0.29, 0.717) is 17.5 Å². The molecule has 1 N–H and O–H groups in total. The summed E-state index contributed by atoms with van der Waals surface area (Å²) >= 11 is 5.64. The predicted molar refractivity (Wildman–Crippen MR) is 56.9 cm³/mol. The van der Waals surface area contributed by atoms with Gasteiger partial charge in [0.2, 0.25) is 5.91 Å². The van der Waals surface area contributed by atoms with Gasteiger partial charge in [0, 0.05) is 13.1 Å². The third-order valence-electron chi connectivity index (χ3n) is 2.20. The van der Waals surface area contributed by atoms with Gasteiger partial charge in [-0.25, -0.2) is 0 Å². The van der Waals surface area contributed by atoms with E-state index >= 15 is 0 Å². The van der Waals surface area contributed by atoms with Crippen LogP contribution >= 0.6 is 11.6 Å². The molecule has 1 saturated heterocycles. The Bertz CT molecular complexity index is 354. The van der Waals surface area contributed by atoms with E-state index in [1.54, 1.807) is 12.1 Å². The topological polar surface area (TPSA) is 58.1 Å². The van der Waals surface area contributed by atoms with Gasteiger partial charge in [0.1, 0.15) is 0 Å². The number of anilines is 1. The van der Waals surface area contributed by atoms with Gasteiger partial charge in [0.05, 0.1) is 6.54 Å². The fourth-order valence-corrected chi connectivity index (χ4v) is 1.58. The summed E-state index contributed by atoms with van der Waals surface area (Å²) in [6.07, 6.45) is 0.913. The van der Waals surface area contributed by atoms with Gasteiger partial charge in [0.15, 0.2) is 11.0 Å². The molecule has 1 fully saturated rings. The van der Waals surface area contributed by atoms with Crippen molar-refractivity contribution in [2.75, 3.05) is 24.5 Å². The van der Waals surface area contributed by atoms with Gasteiger partial charge in [0.25, 0.3) is 0 Å². The average molecular weight is 227 g/mol. The molecule has 0 bridgehead atoms. The van der Waals surface area contributed by atoms with Crippen molar-refractivity contribution in [3.63, 3.8) is 0 Å². The van der Waals surface area contributed by atoms with E-state index < -0.39 is 0 Å². The molecule has 0 radical (unpaired) electrons. The van der Waals surface area contributed by atoms with Crippen molar-refractivity contribution in [1.82, 2.24) is 15.5 Å². The first-order valence-corrected chi connectivity index (χ1v) is 5.14. The first-order chi connectivity index (χ1) is 7.25. The number of halogens is 1. The van der Waals surface area contributed by atoms with Gasteiger partial charge in [-0.3, -0.25) is 4.79 Å². The first kappa shape index (κ1) is 10.2. The maximum absolute atomic E-state index is 11.3.